The first-order chi connectivity index (χ1) is 6.72. The number of pyridine rings is 1. The van der Waals surface area contributed by atoms with Gasteiger partial charge in [-0.05, 0) is 18.2 Å². The molecule has 0 saturated heterocycles. The summed E-state index contributed by atoms with van der Waals surface area (Å²) in [7, 11) is 0. The van der Waals surface area contributed by atoms with Gasteiger partial charge in [0.15, 0.2) is 5.75 Å². The second-order valence-electron chi connectivity index (χ2n) is 2.78. The smallest absolute Gasteiger partial charge is 0.213 e. The lowest BCUT2D eigenvalue weighted by atomic mass is 10.1. The first kappa shape index (κ1) is 8.45. The van der Waals surface area contributed by atoms with Crippen molar-refractivity contribution in [1.82, 2.24) is 4.98 Å². The van der Waals surface area contributed by atoms with Crippen LogP contribution >= 0.6 is 0 Å². The van der Waals surface area contributed by atoms with Crippen LogP contribution in [-0.4, -0.2) is 10.1 Å². The molecule has 0 saturated carbocycles. The van der Waals surface area contributed by atoms with Crippen molar-refractivity contribution in [1.29, 1.82) is 5.26 Å². The molecule has 0 unspecified atom stereocenters. The summed E-state index contributed by atoms with van der Waals surface area (Å²) in [6.45, 7) is 0. The Labute approximate surface area is 79.1 Å². The zero-order valence-corrected chi connectivity index (χ0v) is 7.03. The molecule has 1 aromatic heterocycles. The van der Waals surface area contributed by atoms with Crippen molar-refractivity contribution in [3.8, 4) is 11.8 Å². The molecule has 68 valence electrons. The first-order valence-electron chi connectivity index (χ1n) is 3.90. The summed E-state index contributed by atoms with van der Waals surface area (Å²) < 4.78 is 12.7. The maximum absolute atomic E-state index is 12.7. The van der Waals surface area contributed by atoms with Crippen molar-refractivity contribution in [2.75, 3.05) is 0 Å². The molecular weight excluding hydrogens is 183 g/mol. The maximum atomic E-state index is 12.7. The number of benzene rings is 1. The Kier molecular flexibility index (Phi) is 1.79. The van der Waals surface area contributed by atoms with E-state index < -0.39 is 5.95 Å². The number of hydrogen-bond donors (Lipinski definition) is 1. The van der Waals surface area contributed by atoms with E-state index in [1.165, 1.54) is 18.2 Å². The van der Waals surface area contributed by atoms with Gasteiger partial charge in [0, 0.05) is 5.39 Å². The lowest BCUT2D eigenvalue weighted by molar-refractivity contribution is 0.477. The standard InChI is InChI=1S/C10H5FN2O/c11-8-4-3-6-1-2-7(5-12)10(14)9(6)13-8/h1-4,14H. The van der Waals surface area contributed by atoms with Crippen molar-refractivity contribution in [3.05, 3.63) is 35.8 Å². The van der Waals surface area contributed by atoms with Gasteiger partial charge in [0.25, 0.3) is 0 Å². The largest absolute Gasteiger partial charge is 0.504 e. The van der Waals surface area contributed by atoms with Crippen LogP contribution in [0.4, 0.5) is 4.39 Å². The quantitative estimate of drug-likeness (QED) is 0.643. The minimum absolute atomic E-state index is 0.0931. The van der Waals surface area contributed by atoms with E-state index in [0.29, 0.717) is 5.39 Å². The number of hydrogen-bond acceptors (Lipinski definition) is 3. The molecule has 0 fully saturated rings. The molecule has 0 aliphatic heterocycles. The minimum atomic E-state index is -0.678. The summed E-state index contributed by atoms with van der Waals surface area (Å²) in [5.74, 6) is -0.951. The van der Waals surface area contributed by atoms with Gasteiger partial charge < -0.3 is 5.11 Å². The fourth-order valence-corrected chi connectivity index (χ4v) is 1.24. The Bertz CT molecular complexity index is 546. The molecule has 1 aromatic carbocycles. The van der Waals surface area contributed by atoms with Crippen LogP contribution in [0.3, 0.4) is 0 Å². The molecule has 0 aliphatic rings. The van der Waals surface area contributed by atoms with Crippen molar-refractivity contribution in [2.45, 2.75) is 0 Å². The van der Waals surface area contributed by atoms with Gasteiger partial charge in [-0.2, -0.15) is 9.65 Å². The molecule has 1 N–H and O–H groups in total. The van der Waals surface area contributed by atoms with Gasteiger partial charge in [0.2, 0.25) is 5.95 Å². The van der Waals surface area contributed by atoms with Crippen molar-refractivity contribution < 1.29 is 9.50 Å². The lowest BCUT2D eigenvalue weighted by Crippen LogP contribution is -1.86. The van der Waals surface area contributed by atoms with Gasteiger partial charge in [-0.25, -0.2) is 4.98 Å². The monoisotopic (exact) mass is 188 g/mol. The van der Waals surface area contributed by atoms with E-state index in [0.717, 1.165) is 0 Å². The van der Waals surface area contributed by atoms with Crippen molar-refractivity contribution in [3.63, 3.8) is 0 Å². The SMILES string of the molecule is N#Cc1ccc2ccc(F)nc2c1O. The molecule has 0 aliphatic carbocycles. The highest BCUT2D eigenvalue weighted by Gasteiger charge is 2.07. The van der Waals surface area contributed by atoms with Crippen LogP contribution in [0.25, 0.3) is 10.9 Å². The molecule has 4 heteroatoms. The Morgan fingerprint density at radius 3 is 2.71 bits per heavy atom. The minimum Gasteiger partial charge on any atom is -0.504 e. The number of nitrogens with zero attached hydrogens (tertiary/aromatic N) is 2. The summed E-state index contributed by atoms with van der Waals surface area (Å²) in [6.07, 6.45) is 0. The Morgan fingerprint density at radius 1 is 1.29 bits per heavy atom. The number of phenols is 1. The maximum Gasteiger partial charge on any atom is 0.213 e. The van der Waals surface area contributed by atoms with Crippen LogP contribution in [0.5, 0.6) is 5.75 Å². The van der Waals surface area contributed by atoms with Gasteiger partial charge >= 0.3 is 0 Å². The Hall–Kier alpha value is -2.15. The van der Waals surface area contributed by atoms with Gasteiger partial charge in [0.05, 0.1) is 5.56 Å². The van der Waals surface area contributed by atoms with E-state index in [9.17, 15) is 9.50 Å². The number of nitriles is 1. The van der Waals surface area contributed by atoms with Crippen molar-refractivity contribution in [2.24, 2.45) is 0 Å². The predicted molar refractivity (Wildman–Crippen MR) is 48.1 cm³/mol. The van der Waals surface area contributed by atoms with E-state index in [4.69, 9.17) is 5.26 Å². The van der Waals surface area contributed by atoms with Gasteiger partial charge in [-0.1, -0.05) is 6.07 Å². The molecule has 0 bridgehead atoms. The summed E-state index contributed by atoms with van der Waals surface area (Å²) in [5.41, 5.74) is 0.208. The Morgan fingerprint density at radius 2 is 2.00 bits per heavy atom. The molecule has 3 nitrogen and oxygen atoms in total. The van der Waals surface area contributed by atoms with E-state index in [1.54, 1.807) is 12.1 Å². The topological polar surface area (TPSA) is 56.9 Å². The fraction of sp³-hybridized carbons (Fsp3) is 0. The van der Waals surface area contributed by atoms with Gasteiger partial charge in [-0.3, -0.25) is 0 Å². The third kappa shape index (κ3) is 1.15. The van der Waals surface area contributed by atoms with Crippen LogP contribution in [0.1, 0.15) is 5.56 Å². The van der Waals surface area contributed by atoms with E-state index in [-0.39, 0.29) is 16.8 Å². The van der Waals surface area contributed by atoms with Crippen molar-refractivity contribution >= 4 is 10.9 Å². The zero-order valence-electron chi connectivity index (χ0n) is 7.03. The molecule has 14 heavy (non-hydrogen) atoms. The second-order valence-corrected chi connectivity index (χ2v) is 2.78. The average molecular weight is 188 g/mol. The van der Waals surface area contributed by atoms with E-state index >= 15 is 0 Å². The van der Waals surface area contributed by atoms with Crippen LogP contribution in [0, 0.1) is 17.3 Å². The number of aromatic hydroxyl groups is 1. The summed E-state index contributed by atoms with van der Waals surface area (Å²) in [6, 6.07) is 7.58. The lowest BCUT2D eigenvalue weighted by Gasteiger charge is -2.00. The summed E-state index contributed by atoms with van der Waals surface area (Å²) in [4.78, 5) is 3.52. The number of fused-ring (bicyclic) bond motifs is 1. The summed E-state index contributed by atoms with van der Waals surface area (Å²) in [5, 5.41) is 18.7. The molecule has 2 aromatic rings. The molecule has 0 atom stereocenters. The molecular formula is C10H5FN2O. The number of halogens is 1. The first-order valence-corrected chi connectivity index (χ1v) is 3.90. The zero-order chi connectivity index (χ0) is 10.1. The summed E-state index contributed by atoms with van der Waals surface area (Å²) >= 11 is 0. The number of phenolic OH excluding ortho intramolecular Hbond substituents is 1. The Balaban J connectivity index is 2.88. The highest BCUT2D eigenvalue weighted by Crippen LogP contribution is 2.26. The molecule has 0 amide bonds. The average Bonchev–Trinajstić information content (AvgIpc) is 2.20. The van der Waals surface area contributed by atoms with E-state index in [2.05, 4.69) is 4.98 Å². The molecule has 1 heterocycles. The molecule has 0 radical (unpaired) electrons. The van der Waals surface area contributed by atoms with E-state index in [1.807, 2.05) is 0 Å². The van der Waals surface area contributed by atoms with Crippen LogP contribution in [-0.2, 0) is 0 Å². The fourth-order valence-electron chi connectivity index (χ4n) is 1.24. The molecule has 0 spiro atoms. The highest BCUT2D eigenvalue weighted by atomic mass is 19.1. The predicted octanol–water partition coefficient (Wildman–Crippen LogP) is 1.95. The third-order valence-corrected chi connectivity index (χ3v) is 1.92. The number of aromatic nitrogens is 1. The number of rotatable bonds is 0. The van der Waals surface area contributed by atoms with Gasteiger partial charge in [-0.15, -0.1) is 0 Å². The highest BCUT2D eigenvalue weighted by molar-refractivity contribution is 5.86. The normalized spacial score (nSPS) is 10.0. The van der Waals surface area contributed by atoms with Crippen LogP contribution in [0.2, 0.25) is 0 Å². The second kappa shape index (κ2) is 2.96. The third-order valence-electron chi connectivity index (χ3n) is 1.92. The van der Waals surface area contributed by atoms with Gasteiger partial charge in [0.1, 0.15) is 11.6 Å². The van der Waals surface area contributed by atoms with Crippen LogP contribution < -0.4 is 0 Å². The van der Waals surface area contributed by atoms with Crippen LogP contribution in [0.15, 0.2) is 24.3 Å². The molecule has 2 rings (SSSR count).